The van der Waals surface area contributed by atoms with E-state index in [2.05, 4.69) is 15.5 Å². The Labute approximate surface area is 185 Å². The molecule has 1 saturated heterocycles. The van der Waals surface area contributed by atoms with Gasteiger partial charge in [0.05, 0.1) is 12.2 Å². The van der Waals surface area contributed by atoms with E-state index in [1.807, 2.05) is 56.3 Å². The molecule has 2 amide bonds. The van der Waals surface area contributed by atoms with E-state index in [9.17, 15) is 9.59 Å². The lowest BCUT2D eigenvalue weighted by Crippen LogP contribution is -2.35. The predicted octanol–water partition coefficient (Wildman–Crippen LogP) is 4.36. The summed E-state index contributed by atoms with van der Waals surface area (Å²) in [5, 5.41) is 5.91. The number of carbonyl (C=O) groups excluding carboxylic acids is 2. The Morgan fingerprint density at radius 2 is 1.81 bits per heavy atom. The van der Waals surface area contributed by atoms with E-state index < -0.39 is 0 Å². The van der Waals surface area contributed by atoms with Crippen LogP contribution in [0.25, 0.3) is 0 Å². The number of rotatable bonds is 9. The quantitative estimate of drug-likeness (QED) is 0.629. The number of benzene rings is 2. The molecule has 0 radical (unpaired) electrons. The van der Waals surface area contributed by atoms with Gasteiger partial charge in [0.2, 0.25) is 5.91 Å². The maximum absolute atomic E-state index is 13.0. The fraction of sp³-hybridized carbons (Fsp3) is 0.440. The molecule has 166 valence electrons. The number of nitrogens with zero attached hydrogens (tertiary/aromatic N) is 1. The lowest BCUT2D eigenvalue weighted by Gasteiger charge is -2.31. The van der Waals surface area contributed by atoms with E-state index in [-0.39, 0.29) is 24.5 Å². The maximum Gasteiger partial charge on any atom is 0.253 e. The highest BCUT2D eigenvalue weighted by Gasteiger charge is 2.20. The van der Waals surface area contributed by atoms with Gasteiger partial charge in [0.25, 0.3) is 5.91 Å². The molecule has 0 aliphatic carbocycles. The van der Waals surface area contributed by atoms with Crippen molar-refractivity contribution in [2.24, 2.45) is 0 Å². The molecule has 6 nitrogen and oxygen atoms in total. The van der Waals surface area contributed by atoms with Gasteiger partial charge in [-0.15, -0.1) is 0 Å². The van der Waals surface area contributed by atoms with Crippen LogP contribution in [0.4, 0.5) is 11.4 Å². The molecular weight excluding hydrogens is 390 g/mol. The number of piperidine rings is 1. The zero-order valence-corrected chi connectivity index (χ0v) is 18.5. The Hall–Kier alpha value is -2.86. The molecule has 2 aromatic carbocycles. The molecule has 0 spiro atoms. The Balaban J connectivity index is 1.67. The van der Waals surface area contributed by atoms with Gasteiger partial charge in [0, 0.05) is 30.5 Å². The standard InChI is InChI=1S/C25H33N3O3/c1-3-19(2)26-25(30)22-16-21(12-13-23(22)28-14-8-5-9-15-28)27-24(29)18-31-17-20-10-6-4-7-11-20/h4,6-7,10-13,16,19H,3,5,8-9,14-15,17-18H2,1-2H3,(H,26,30)(H,27,29)/t19-/m1/s1. The van der Waals surface area contributed by atoms with Crippen molar-refractivity contribution in [2.45, 2.75) is 52.2 Å². The monoisotopic (exact) mass is 423 g/mol. The smallest absolute Gasteiger partial charge is 0.253 e. The zero-order chi connectivity index (χ0) is 22.1. The van der Waals surface area contributed by atoms with Crippen molar-refractivity contribution >= 4 is 23.2 Å². The Bertz CT molecular complexity index is 864. The maximum atomic E-state index is 13.0. The van der Waals surface area contributed by atoms with Gasteiger partial charge in [0.15, 0.2) is 0 Å². The van der Waals surface area contributed by atoms with Gasteiger partial charge in [-0.05, 0) is 56.4 Å². The van der Waals surface area contributed by atoms with Crippen LogP contribution >= 0.6 is 0 Å². The third-order valence-electron chi connectivity index (χ3n) is 5.56. The molecule has 1 heterocycles. The summed E-state index contributed by atoms with van der Waals surface area (Å²) in [6.45, 7) is 6.27. The predicted molar refractivity (Wildman–Crippen MR) is 124 cm³/mol. The lowest BCUT2D eigenvalue weighted by atomic mass is 10.1. The molecule has 1 aliphatic heterocycles. The SMILES string of the molecule is CC[C@@H](C)NC(=O)c1cc(NC(=O)COCc2ccccc2)ccc1N1CCCCC1. The highest BCUT2D eigenvalue weighted by molar-refractivity contribution is 6.02. The fourth-order valence-corrected chi connectivity index (χ4v) is 3.64. The first-order valence-corrected chi connectivity index (χ1v) is 11.2. The van der Waals surface area contributed by atoms with Crippen molar-refractivity contribution in [1.82, 2.24) is 5.32 Å². The number of nitrogens with one attached hydrogen (secondary N) is 2. The number of carbonyl (C=O) groups is 2. The van der Waals surface area contributed by atoms with E-state index in [0.717, 1.165) is 43.6 Å². The van der Waals surface area contributed by atoms with Crippen LogP contribution in [-0.2, 0) is 16.1 Å². The summed E-state index contributed by atoms with van der Waals surface area (Å²) < 4.78 is 5.52. The number of hydrogen-bond acceptors (Lipinski definition) is 4. The van der Waals surface area contributed by atoms with Crippen LogP contribution in [0.1, 0.15) is 55.5 Å². The summed E-state index contributed by atoms with van der Waals surface area (Å²) in [6.07, 6.45) is 4.34. The number of ether oxygens (including phenoxy) is 1. The topological polar surface area (TPSA) is 70.7 Å². The molecule has 1 aliphatic rings. The average Bonchev–Trinajstić information content (AvgIpc) is 2.80. The highest BCUT2D eigenvalue weighted by atomic mass is 16.5. The third-order valence-corrected chi connectivity index (χ3v) is 5.56. The van der Waals surface area contributed by atoms with Crippen molar-refractivity contribution in [3.8, 4) is 0 Å². The van der Waals surface area contributed by atoms with Crippen molar-refractivity contribution < 1.29 is 14.3 Å². The molecule has 2 aromatic rings. The molecule has 6 heteroatoms. The molecule has 0 unspecified atom stereocenters. The van der Waals surface area contributed by atoms with Gasteiger partial charge < -0.3 is 20.3 Å². The number of anilines is 2. The second kappa shape index (κ2) is 11.5. The van der Waals surface area contributed by atoms with E-state index >= 15 is 0 Å². The van der Waals surface area contributed by atoms with E-state index in [0.29, 0.717) is 17.9 Å². The number of hydrogen-bond donors (Lipinski definition) is 2. The second-order valence-electron chi connectivity index (χ2n) is 8.09. The van der Waals surface area contributed by atoms with Gasteiger partial charge in [-0.1, -0.05) is 37.3 Å². The molecule has 1 atom stereocenters. The molecule has 0 saturated carbocycles. The molecule has 31 heavy (non-hydrogen) atoms. The first kappa shape index (κ1) is 22.8. The first-order valence-electron chi connectivity index (χ1n) is 11.2. The molecule has 1 fully saturated rings. The molecule has 3 rings (SSSR count). The average molecular weight is 424 g/mol. The van der Waals surface area contributed by atoms with Crippen LogP contribution in [0.3, 0.4) is 0 Å². The number of amides is 2. The lowest BCUT2D eigenvalue weighted by molar-refractivity contribution is -0.121. The Kier molecular flexibility index (Phi) is 8.47. The normalized spacial score (nSPS) is 14.7. The minimum Gasteiger partial charge on any atom is -0.371 e. The van der Waals surface area contributed by atoms with Crippen LogP contribution in [0.15, 0.2) is 48.5 Å². The fourth-order valence-electron chi connectivity index (χ4n) is 3.64. The highest BCUT2D eigenvalue weighted by Crippen LogP contribution is 2.27. The van der Waals surface area contributed by atoms with Gasteiger partial charge in [-0.2, -0.15) is 0 Å². The van der Waals surface area contributed by atoms with Crippen LogP contribution < -0.4 is 15.5 Å². The van der Waals surface area contributed by atoms with Gasteiger partial charge in [-0.3, -0.25) is 9.59 Å². The second-order valence-corrected chi connectivity index (χ2v) is 8.09. The van der Waals surface area contributed by atoms with Crippen molar-refractivity contribution in [3.05, 3.63) is 59.7 Å². The molecule has 0 aromatic heterocycles. The first-order chi connectivity index (χ1) is 15.1. The van der Waals surface area contributed by atoms with Crippen LogP contribution in [-0.4, -0.2) is 37.6 Å². The molecule has 0 bridgehead atoms. The Morgan fingerprint density at radius 1 is 1.06 bits per heavy atom. The third kappa shape index (κ3) is 6.82. The summed E-state index contributed by atoms with van der Waals surface area (Å²) in [6, 6.07) is 15.4. The minimum absolute atomic E-state index is 0.0445. The minimum atomic E-state index is -0.241. The zero-order valence-electron chi connectivity index (χ0n) is 18.5. The van der Waals surface area contributed by atoms with Crippen molar-refractivity contribution in [1.29, 1.82) is 0 Å². The van der Waals surface area contributed by atoms with E-state index in [4.69, 9.17) is 4.74 Å². The van der Waals surface area contributed by atoms with Crippen LogP contribution in [0, 0.1) is 0 Å². The molecular formula is C25H33N3O3. The summed E-state index contributed by atoms with van der Waals surface area (Å²) in [5.74, 6) is -0.346. The van der Waals surface area contributed by atoms with Gasteiger partial charge >= 0.3 is 0 Å². The summed E-state index contributed by atoms with van der Waals surface area (Å²) in [7, 11) is 0. The Morgan fingerprint density at radius 3 is 2.52 bits per heavy atom. The molecule has 2 N–H and O–H groups in total. The van der Waals surface area contributed by atoms with Crippen LogP contribution in [0.5, 0.6) is 0 Å². The van der Waals surface area contributed by atoms with E-state index in [1.165, 1.54) is 6.42 Å². The summed E-state index contributed by atoms with van der Waals surface area (Å²) in [4.78, 5) is 27.6. The van der Waals surface area contributed by atoms with Crippen LogP contribution in [0.2, 0.25) is 0 Å². The van der Waals surface area contributed by atoms with Crippen molar-refractivity contribution in [2.75, 3.05) is 29.9 Å². The largest absolute Gasteiger partial charge is 0.371 e. The summed E-state index contributed by atoms with van der Waals surface area (Å²) >= 11 is 0. The van der Waals surface area contributed by atoms with E-state index in [1.54, 1.807) is 6.07 Å². The summed E-state index contributed by atoms with van der Waals surface area (Å²) in [5.41, 5.74) is 3.15. The van der Waals surface area contributed by atoms with Gasteiger partial charge in [0.1, 0.15) is 6.61 Å². The van der Waals surface area contributed by atoms with Crippen molar-refractivity contribution in [3.63, 3.8) is 0 Å². The van der Waals surface area contributed by atoms with Gasteiger partial charge in [-0.25, -0.2) is 0 Å².